The van der Waals surface area contributed by atoms with E-state index in [1.165, 1.54) is 6.33 Å². The molecule has 3 rings (SSSR count). The van der Waals surface area contributed by atoms with Crippen LogP contribution in [0.4, 0.5) is 17.3 Å². The van der Waals surface area contributed by atoms with Crippen molar-refractivity contribution >= 4 is 40.8 Å². The van der Waals surface area contributed by atoms with Crippen LogP contribution in [0, 0.1) is 5.92 Å². The van der Waals surface area contributed by atoms with Gasteiger partial charge < -0.3 is 15.7 Å². The van der Waals surface area contributed by atoms with Gasteiger partial charge in [-0.15, -0.1) is 0 Å². The zero-order valence-corrected chi connectivity index (χ0v) is 15.1. The molecular weight excluding hydrogens is 372 g/mol. The first-order chi connectivity index (χ1) is 13.0. The Morgan fingerprint density at radius 1 is 1.19 bits per heavy atom. The molecule has 1 saturated heterocycles. The van der Waals surface area contributed by atoms with E-state index in [0.29, 0.717) is 42.3 Å². The normalized spacial score (nSPS) is 14.6. The number of hydrazine groups is 1. The van der Waals surface area contributed by atoms with Crippen LogP contribution in [0.3, 0.4) is 0 Å². The number of nitrogen functional groups attached to an aromatic ring is 1. The van der Waals surface area contributed by atoms with Crippen molar-refractivity contribution in [3.05, 3.63) is 41.2 Å². The quantitative estimate of drug-likeness (QED) is 0.567. The summed E-state index contributed by atoms with van der Waals surface area (Å²) < 4.78 is 0. The third kappa shape index (κ3) is 4.37. The van der Waals surface area contributed by atoms with Crippen molar-refractivity contribution in [3.63, 3.8) is 0 Å². The lowest BCUT2D eigenvalue weighted by molar-refractivity contribution is -0.142. The van der Waals surface area contributed by atoms with E-state index in [-0.39, 0.29) is 23.3 Å². The van der Waals surface area contributed by atoms with Crippen LogP contribution in [0.2, 0.25) is 5.02 Å². The van der Waals surface area contributed by atoms with Crippen molar-refractivity contribution in [2.24, 2.45) is 5.92 Å². The molecule has 0 radical (unpaired) electrons. The average Bonchev–Trinajstić information content (AvgIpc) is 2.67. The fourth-order valence-electron chi connectivity index (χ4n) is 2.87. The van der Waals surface area contributed by atoms with E-state index in [4.69, 9.17) is 22.4 Å². The van der Waals surface area contributed by atoms with Crippen molar-refractivity contribution in [1.29, 1.82) is 0 Å². The van der Waals surface area contributed by atoms with E-state index in [9.17, 15) is 9.59 Å². The van der Waals surface area contributed by atoms with Gasteiger partial charge in [-0.1, -0.05) is 11.6 Å². The van der Waals surface area contributed by atoms with E-state index in [1.54, 1.807) is 24.3 Å². The highest BCUT2D eigenvalue weighted by atomic mass is 35.5. The number of benzene rings is 1. The van der Waals surface area contributed by atoms with Gasteiger partial charge in [0.15, 0.2) is 11.6 Å². The largest absolute Gasteiger partial charge is 0.481 e. The first-order valence-electron chi connectivity index (χ1n) is 8.36. The minimum Gasteiger partial charge on any atom is -0.481 e. The molecule has 1 amide bonds. The first-order valence-corrected chi connectivity index (χ1v) is 8.73. The molecule has 0 atom stereocenters. The van der Waals surface area contributed by atoms with E-state index in [2.05, 4.69) is 20.8 Å². The van der Waals surface area contributed by atoms with Crippen LogP contribution in [-0.2, 0) is 4.79 Å². The molecule has 1 fully saturated rings. The Kier molecular flexibility index (Phi) is 5.60. The second-order valence-electron chi connectivity index (χ2n) is 6.15. The lowest BCUT2D eigenvalue weighted by Crippen LogP contribution is -2.37. The summed E-state index contributed by atoms with van der Waals surface area (Å²) in [6, 6.07) is 6.43. The fraction of sp³-hybridized carbons (Fsp3) is 0.294. The molecule has 142 valence electrons. The summed E-state index contributed by atoms with van der Waals surface area (Å²) in [5.74, 6) is -0.716. The van der Waals surface area contributed by atoms with Gasteiger partial charge in [0, 0.05) is 23.7 Å². The second kappa shape index (κ2) is 8.09. The lowest BCUT2D eigenvalue weighted by atomic mass is 9.97. The third-order valence-electron chi connectivity index (χ3n) is 4.41. The minimum atomic E-state index is -0.780. The maximum Gasteiger partial charge on any atom is 0.306 e. The summed E-state index contributed by atoms with van der Waals surface area (Å²) in [6.07, 6.45) is 2.38. The molecule has 1 aliphatic rings. The smallest absolute Gasteiger partial charge is 0.306 e. The number of piperidine rings is 1. The van der Waals surface area contributed by atoms with Crippen molar-refractivity contribution in [2.75, 3.05) is 29.1 Å². The molecule has 9 nitrogen and oxygen atoms in total. The standard InChI is InChI=1S/C17H19ClN6O3/c18-12-3-1-10(2-4-12)16(25)23-22-14-13(19)15(21-9-20-14)24-7-5-11(6-8-24)17(26)27/h1-4,9,11H,5-8,19H2,(H,23,25)(H,26,27)(H,20,21,22). The minimum absolute atomic E-state index is 0.266. The highest BCUT2D eigenvalue weighted by molar-refractivity contribution is 6.30. The zero-order valence-electron chi connectivity index (χ0n) is 14.4. The van der Waals surface area contributed by atoms with Gasteiger partial charge in [0.2, 0.25) is 0 Å². The molecule has 1 aromatic carbocycles. The predicted octanol–water partition coefficient (Wildman–Crippen LogP) is 1.77. The Bertz CT molecular complexity index is 837. The molecule has 0 saturated carbocycles. The number of carboxylic acids is 1. The number of aliphatic carboxylic acids is 1. The third-order valence-corrected chi connectivity index (χ3v) is 4.66. The van der Waals surface area contributed by atoms with Crippen LogP contribution in [0.15, 0.2) is 30.6 Å². The molecule has 1 aliphatic heterocycles. The van der Waals surface area contributed by atoms with E-state index in [0.717, 1.165) is 0 Å². The summed E-state index contributed by atoms with van der Waals surface area (Å²) in [6.45, 7) is 1.07. The van der Waals surface area contributed by atoms with Crippen molar-refractivity contribution in [1.82, 2.24) is 15.4 Å². The summed E-state index contributed by atoms with van der Waals surface area (Å²) in [4.78, 5) is 33.4. The molecule has 5 N–H and O–H groups in total. The summed E-state index contributed by atoms with van der Waals surface area (Å²) in [5, 5.41) is 9.64. The number of halogens is 1. The molecule has 10 heteroatoms. The van der Waals surface area contributed by atoms with Gasteiger partial charge in [0.25, 0.3) is 5.91 Å². The van der Waals surface area contributed by atoms with E-state index >= 15 is 0 Å². The van der Waals surface area contributed by atoms with Gasteiger partial charge in [0.05, 0.1) is 5.92 Å². The van der Waals surface area contributed by atoms with Crippen molar-refractivity contribution in [3.8, 4) is 0 Å². The Labute approximate surface area is 160 Å². The van der Waals surface area contributed by atoms with Crippen LogP contribution in [-0.4, -0.2) is 40.0 Å². The number of amides is 1. The maximum absolute atomic E-state index is 12.2. The van der Waals surface area contributed by atoms with Gasteiger partial charge in [-0.2, -0.15) is 0 Å². The number of hydrogen-bond donors (Lipinski definition) is 4. The lowest BCUT2D eigenvalue weighted by Gasteiger charge is -2.31. The van der Waals surface area contributed by atoms with Crippen molar-refractivity contribution in [2.45, 2.75) is 12.8 Å². The molecule has 0 spiro atoms. The number of carbonyl (C=O) groups is 2. The molecule has 27 heavy (non-hydrogen) atoms. The number of carboxylic acid groups (broad SMARTS) is 1. The molecule has 0 bridgehead atoms. The summed E-state index contributed by atoms with van der Waals surface area (Å²) in [5.41, 5.74) is 12.1. The van der Waals surface area contributed by atoms with Crippen LogP contribution in [0.25, 0.3) is 0 Å². The van der Waals surface area contributed by atoms with Gasteiger partial charge in [-0.3, -0.25) is 20.4 Å². The Morgan fingerprint density at radius 2 is 1.85 bits per heavy atom. The molecule has 2 aromatic rings. The van der Waals surface area contributed by atoms with Crippen LogP contribution >= 0.6 is 11.6 Å². The number of nitrogens with zero attached hydrogens (tertiary/aromatic N) is 3. The Hall–Kier alpha value is -3.07. The number of rotatable bonds is 5. The molecule has 2 heterocycles. The number of nitrogens with two attached hydrogens (primary N) is 1. The number of nitrogens with one attached hydrogen (secondary N) is 2. The van der Waals surface area contributed by atoms with Crippen molar-refractivity contribution < 1.29 is 14.7 Å². The number of aromatic nitrogens is 2. The van der Waals surface area contributed by atoms with Crippen LogP contribution in [0.1, 0.15) is 23.2 Å². The highest BCUT2D eigenvalue weighted by Gasteiger charge is 2.26. The topological polar surface area (TPSA) is 133 Å². The average molecular weight is 391 g/mol. The summed E-state index contributed by atoms with van der Waals surface area (Å²) in [7, 11) is 0. The fourth-order valence-corrected chi connectivity index (χ4v) is 2.99. The highest BCUT2D eigenvalue weighted by Crippen LogP contribution is 2.29. The second-order valence-corrected chi connectivity index (χ2v) is 6.58. The van der Waals surface area contributed by atoms with E-state index < -0.39 is 5.97 Å². The van der Waals surface area contributed by atoms with Gasteiger partial charge in [0.1, 0.15) is 12.0 Å². The molecular formula is C17H19ClN6O3. The first kappa shape index (κ1) is 18.7. The predicted molar refractivity (Wildman–Crippen MR) is 102 cm³/mol. The number of hydrogen-bond acceptors (Lipinski definition) is 7. The van der Waals surface area contributed by atoms with E-state index in [1.807, 2.05) is 4.90 Å². The van der Waals surface area contributed by atoms with Gasteiger partial charge in [-0.25, -0.2) is 9.97 Å². The molecule has 0 aliphatic carbocycles. The van der Waals surface area contributed by atoms with Gasteiger partial charge >= 0.3 is 5.97 Å². The van der Waals surface area contributed by atoms with Gasteiger partial charge in [-0.05, 0) is 37.1 Å². The SMILES string of the molecule is Nc1c(NNC(=O)c2ccc(Cl)cc2)ncnc1N1CCC(C(=O)O)CC1. The molecule has 1 aromatic heterocycles. The van der Waals surface area contributed by atoms with Crippen LogP contribution in [0.5, 0.6) is 0 Å². The number of carbonyl (C=O) groups excluding carboxylic acids is 1. The van der Waals surface area contributed by atoms with Crippen LogP contribution < -0.4 is 21.5 Å². The Morgan fingerprint density at radius 3 is 2.48 bits per heavy atom. The molecule has 0 unspecified atom stereocenters. The maximum atomic E-state index is 12.2. The number of anilines is 3. The Balaban J connectivity index is 1.65. The monoisotopic (exact) mass is 390 g/mol. The summed E-state index contributed by atoms with van der Waals surface area (Å²) >= 11 is 5.81. The zero-order chi connectivity index (χ0) is 19.4.